The lowest BCUT2D eigenvalue weighted by molar-refractivity contribution is -0.134. The summed E-state index contributed by atoms with van der Waals surface area (Å²) in [6.07, 6.45) is 3.33. The first-order valence-corrected chi connectivity index (χ1v) is 9.84. The van der Waals surface area contributed by atoms with E-state index in [0.717, 1.165) is 12.8 Å². The van der Waals surface area contributed by atoms with Crippen molar-refractivity contribution in [2.45, 2.75) is 38.8 Å². The van der Waals surface area contributed by atoms with Crippen LogP contribution in [0.25, 0.3) is 0 Å². The molecule has 0 aliphatic heterocycles. The number of nitrogens with one attached hydrogen (secondary N) is 2. The molecule has 0 aliphatic carbocycles. The topological polar surface area (TPSA) is 98.7 Å². The average molecular weight is 415 g/mol. The van der Waals surface area contributed by atoms with Gasteiger partial charge in [-0.3, -0.25) is 0 Å². The van der Waals surface area contributed by atoms with Crippen LogP contribution in [0.3, 0.4) is 0 Å². The van der Waals surface area contributed by atoms with Crippen molar-refractivity contribution >= 4 is 11.9 Å². The zero-order valence-corrected chi connectivity index (χ0v) is 18.2. The molecule has 0 amide bonds. The van der Waals surface area contributed by atoms with Crippen molar-refractivity contribution in [1.29, 1.82) is 0 Å². The lowest BCUT2D eigenvalue weighted by Gasteiger charge is -2.08. The van der Waals surface area contributed by atoms with E-state index in [4.69, 9.17) is 10.2 Å². The highest BCUT2D eigenvalue weighted by molar-refractivity contribution is 5.89. The summed E-state index contributed by atoms with van der Waals surface area (Å²) in [5, 5.41) is 22.1. The number of rotatable bonds is 8. The van der Waals surface area contributed by atoms with Crippen LogP contribution in [0.15, 0.2) is 72.8 Å². The molecular weight excluding hydrogens is 380 g/mol. The van der Waals surface area contributed by atoms with Gasteiger partial charge in [-0.25, -0.2) is 9.59 Å². The van der Waals surface area contributed by atoms with Gasteiger partial charge >= 0.3 is 11.9 Å². The fraction of sp³-hybridized carbons (Fsp3) is 0.333. The molecule has 2 aromatic carbocycles. The smallest absolute Gasteiger partial charge is 0.328 e. The van der Waals surface area contributed by atoms with Gasteiger partial charge in [-0.15, -0.1) is 0 Å². The van der Waals surface area contributed by atoms with Crippen LogP contribution in [0, 0.1) is 0 Å². The molecule has 2 aromatic rings. The van der Waals surface area contributed by atoms with Crippen LogP contribution in [0.2, 0.25) is 0 Å². The summed E-state index contributed by atoms with van der Waals surface area (Å²) in [5.74, 6) is -2.51. The number of carbonyl (C=O) groups is 2. The minimum absolute atomic E-state index is 0.558. The summed E-state index contributed by atoms with van der Waals surface area (Å²) in [5.41, 5.74) is 2.80. The summed E-state index contributed by atoms with van der Waals surface area (Å²) in [7, 11) is 3.99. The lowest BCUT2D eigenvalue weighted by Crippen LogP contribution is -2.23. The largest absolute Gasteiger partial charge is 0.478 e. The minimum atomic E-state index is -1.26. The summed E-state index contributed by atoms with van der Waals surface area (Å²) in [4.78, 5) is 19.1. The van der Waals surface area contributed by atoms with E-state index in [-0.39, 0.29) is 0 Å². The lowest BCUT2D eigenvalue weighted by atomic mass is 10.1. The van der Waals surface area contributed by atoms with E-state index in [0.29, 0.717) is 24.2 Å². The molecule has 0 fully saturated rings. The normalized spacial score (nSPS) is 12.0. The quantitative estimate of drug-likeness (QED) is 0.494. The SMILES string of the molecule is CNC(C)Cc1ccccc1.CNC(C)Cc1ccccc1.O=C(O)/C=C\C(=O)O. The zero-order chi connectivity index (χ0) is 22.8. The van der Waals surface area contributed by atoms with E-state index < -0.39 is 11.9 Å². The molecule has 0 aromatic heterocycles. The maximum atomic E-state index is 9.55. The summed E-state index contributed by atoms with van der Waals surface area (Å²) < 4.78 is 0. The van der Waals surface area contributed by atoms with E-state index in [1.807, 2.05) is 26.2 Å². The molecule has 6 nitrogen and oxygen atoms in total. The number of hydrogen-bond donors (Lipinski definition) is 4. The number of carboxylic acids is 2. The Bertz CT molecular complexity index is 670. The van der Waals surface area contributed by atoms with Crippen molar-refractivity contribution in [2.24, 2.45) is 0 Å². The molecule has 164 valence electrons. The number of aliphatic carboxylic acids is 2. The van der Waals surface area contributed by atoms with Gasteiger partial charge in [0.1, 0.15) is 0 Å². The average Bonchev–Trinajstić information content (AvgIpc) is 2.74. The Morgan fingerprint density at radius 1 is 0.733 bits per heavy atom. The molecule has 2 unspecified atom stereocenters. The molecule has 4 N–H and O–H groups in total. The molecule has 0 radical (unpaired) electrons. The van der Waals surface area contributed by atoms with E-state index in [1.165, 1.54) is 11.1 Å². The second-order valence-corrected chi connectivity index (χ2v) is 6.77. The monoisotopic (exact) mass is 414 g/mol. The number of benzene rings is 2. The van der Waals surface area contributed by atoms with Crippen molar-refractivity contribution in [3.63, 3.8) is 0 Å². The first-order chi connectivity index (χ1) is 14.3. The highest BCUT2D eigenvalue weighted by Gasteiger charge is 1.98. The third-order valence-corrected chi connectivity index (χ3v) is 4.12. The van der Waals surface area contributed by atoms with Crippen molar-refractivity contribution in [2.75, 3.05) is 14.1 Å². The van der Waals surface area contributed by atoms with Gasteiger partial charge in [0.15, 0.2) is 0 Å². The highest BCUT2D eigenvalue weighted by Crippen LogP contribution is 2.02. The Labute approximate surface area is 179 Å². The van der Waals surface area contributed by atoms with Gasteiger partial charge in [0.2, 0.25) is 0 Å². The van der Waals surface area contributed by atoms with Crippen molar-refractivity contribution in [3.8, 4) is 0 Å². The number of carboxylic acid groups (broad SMARTS) is 2. The fourth-order valence-corrected chi connectivity index (χ4v) is 2.28. The summed E-state index contributed by atoms with van der Waals surface area (Å²) >= 11 is 0. The van der Waals surface area contributed by atoms with Crippen molar-refractivity contribution in [1.82, 2.24) is 10.6 Å². The standard InChI is InChI=1S/2C10H15N.C4H4O4/c2*1-9(11-2)8-10-6-4-3-5-7-10;5-3(6)1-2-4(7)8/h2*3-7,9,11H,8H2,1-2H3;1-2H,(H,5,6)(H,7,8)/b;;2-1-. The molecule has 0 aliphatic rings. The van der Waals surface area contributed by atoms with E-state index >= 15 is 0 Å². The van der Waals surface area contributed by atoms with Crippen LogP contribution in [0.1, 0.15) is 25.0 Å². The molecule has 0 heterocycles. The maximum absolute atomic E-state index is 9.55. The molecule has 0 saturated carbocycles. The van der Waals surface area contributed by atoms with E-state index in [1.54, 1.807) is 0 Å². The summed E-state index contributed by atoms with van der Waals surface area (Å²) in [6, 6.07) is 22.2. The molecular formula is C24H34N2O4. The Hall–Kier alpha value is -2.96. The van der Waals surface area contributed by atoms with Gasteiger partial charge in [0.05, 0.1) is 0 Å². The first-order valence-electron chi connectivity index (χ1n) is 9.84. The van der Waals surface area contributed by atoms with Crippen LogP contribution in [0.5, 0.6) is 0 Å². The third-order valence-electron chi connectivity index (χ3n) is 4.12. The van der Waals surface area contributed by atoms with Gasteiger partial charge < -0.3 is 20.8 Å². The second-order valence-electron chi connectivity index (χ2n) is 6.77. The molecule has 2 rings (SSSR count). The molecule has 0 bridgehead atoms. The van der Waals surface area contributed by atoms with Crippen LogP contribution in [-0.4, -0.2) is 48.3 Å². The van der Waals surface area contributed by atoms with Crippen LogP contribution < -0.4 is 10.6 Å². The Balaban J connectivity index is 0.000000428. The number of hydrogen-bond acceptors (Lipinski definition) is 4. The van der Waals surface area contributed by atoms with Crippen LogP contribution >= 0.6 is 0 Å². The van der Waals surface area contributed by atoms with Gasteiger partial charge in [0.25, 0.3) is 0 Å². The Morgan fingerprint density at radius 3 is 1.27 bits per heavy atom. The molecule has 0 spiro atoms. The third kappa shape index (κ3) is 16.0. The predicted octanol–water partition coefficient (Wildman–Crippen LogP) is 3.39. The Kier molecular flexibility index (Phi) is 15.3. The maximum Gasteiger partial charge on any atom is 0.328 e. The molecule has 0 saturated heterocycles. The summed E-state index contributed by atoms with van der Waals surface area (Å²) in [6.45, 7) is 4.38. The van der Waals surface area contributed by atoms with Gasteiger partial charge in [-0.05, 0) is 51.9 Å². The second kappa shape index (κ2) is 16.9. The van der Waals surface area contributed by atoms with E-state index in [2.05, 4.69) is 73.0 Å². The van der Waals surface area contributed by atoms with Gasteiger partial charge in [-0.2, -0.15) is 0 Å². The molecule has 30 heavy (non-hydrogen) atoms. The number of likely N-dealkylation sites (N-methyl/N-ethyl adjacent to an activating group) is 2. The van der Waals surface area contributed by atoms with Crippen LogP contribution in [-0.2, 0) is 22.4 Å². The molecule has 6 heteroatoms. The first kappa shape index (κ1) is 27.0. The van der Waals surface area contributed by atoms with Crippen molar-refractivity contribution < 1.29 is 19.8 Å². The van der Waals surface area contributed by atoms with Crippen LogP contribution in [0.4, 0.5) is 0 Å². The minimum Gasteiger partial charge on any atom is -0.478 e. The Morgan fingerprint density at radius 2 is 1.03 bits per heavy atom. The molecule has 2 atom stereocenters. The van der Waals surface area contributed by atoms with Gasteiger partial charge in [-0.1, -0.05) is 60.7 Å². The van der Waals surface area contributed by atoms with Crippen molar-refractivity contribution in [3.05, 3.63) is 83.9 Å². The zero-order valence-electron chi connectivity index (χ0n) is 18.2. The fourth-order valence-electron chi connectivity index (χ4n) is 2.28. The highest BCUT2D eigenvalue weighted by atomic mass is 16.4. The van der Waals surface area contributed by atoms with E-state index in [9.17, 15) is 9.59 Å². The van der Waals surface area contributed by atoms with Gasteiger partial charge in [0, 0.05) is 24.2 Å². The predicted molar refractivity (Wildman–Crippen MR) is 122 cm³/mol.